The Morgan fingerprint density at radius 2 is 2.07 bits per heavy atom. The van der Waals surface area contributed by atoms with Crippen molar-refractivity contribution in [2.75, 3.05) is 14.2 Å². The van der Waals surface area contributed by atoms with Crippen LogP contribution < -0.4 is 14.9 Å². The van der Waals surface area contributed by atoms with E-state index in [9.17, 15) is 0 Å². The van der Waals surface area contributed by atoms with Gasteiger partial charge in [0.2, 0.25) is 0 Å². The molecule has 1 N–H and O–H groups in total. The number of benzene rings is 1. The first-order valence-corrected chi connectivity index (χ1v) is 4.13. The predicted molar refractivity (Wildman–Crippen MR) is 57.1 cm³/mol. The first-order chi connectivity index (χ1) is 6.72. The third-order valence-corrected chi connectivity index (χ3v) is 1.89. The van der Waals surface area contributed by atoms with Crippen molar-refractivity contribution < 1.29 is 14.7 Å². The highest BCUT2D eigenvalue weighted by atomic mass is 16.5. The summed E-state index contributed by atoms with van der Waals surface area (Å²) in [5.41, 5.74) is 1.70. The van der Waals surface area contributed by atoms with Gasteiger partial charge in [-0.2, -0.15) is 0 Å². The molecule has 0 aliphatic rings. The van der Waals surface area contributed by atoms with Crippen molar-refractivity contribution in [3.8, 4) is 11.5 Å². The summed E-state index contributed by atoms with van der Waals surface area (Å²) < 4.78 is 10.3. The van der Waals surface area contributed by atoms with Crippen molar-refractivity contribution in [2.24, 2.45) is 5.16 Å². The fourth-order valence-corrected chi connectivity index (χ4v) is 1.32. The van der Waals surface area contributed by atoms with Crippen LogP contribution in [0.4, 0.5) is 0 Å². The van der Waals surface area contributed by atoms with Gasteiger partial charge in [0.1, 0.15) is 7.85 Å². The van der Waals surface area contributed by atoms with Gasteiger partial charge in [-0.25, -0.2) is 0 Å². The highest BCUT2D eigenvalue weighted by Crippen LogP contribution is 2.24. The van der Waals surface area contributed by atoms with E-state index in [1.165, 1.54) is 6.21 Å². The Morgan fingerprint density at radius 1 is 1.36 bits per heavy atom. The zero-order valence-electron chi connectivity index (χ0n) is 8.44. The molecule has 0 radical (unpaired) electrons. The van der Waals surface area contributed by atoms with Crippen LogP contribution in [0.15, 0.2) is 17.3 Å². The molecule has 0 heterocycles. The summed E-state index contributed by atoms with van der Waals surface area (Å²) in [5, 5.41) is 11.4. The van der Waals surface area contributed by atoms with Gasteiger partial charge in [0.15, 0.2) is 11.5 Å². The van der Waals surface area contributed by atoms with Gasteiger partial charge in [-0.1, -0.05) is 11.2 Å². The van der Waals surface area contributed by atoms with E-state index in [4.69, 9.17) is 14.7 Å². The largest absolute Gasteiger partial charge is 0.493 e. The van der Waals surface area contributed by atoms with Crippen molar-refractivity contribution in [2.45, 2.75) is 0 Å². The number of methoxy groups -OCH3 is 2. The lowest BCUT2D eigenvalue weighted by atomic mass is 9.92. The molecule has 74 valence electrons. The van der Waals surface area contributed by atoms with Gasteiger partial charge in [0.25, 0.3) is 0 Å². The Labute approximate surface area is 83.5 Å². The molecule has 0 bridgehead atoms. The molecule has 1 aromatic rings. The quantitative estimate of drug-likeness (QED) is 0.312. The van der Waals surface area contributed by atoms with Crippen LogP contribution in [0, 0.1) is 0 Å². The minimum Gasteiger partial charge on any atom is -0.493 e. The third-order valence-electron chi connectivity index (χ3n) is 1.89. The summed E-state index contributed by atoms with van der Waals surface area (Å²) in [6.45, 7) is 0. The van der Waals surface area contributed by atoms with E-state index in [0.29, 0.717) is 11.5 Å². The highest BCUT2D eigenvalue weighted by molar-refractivity contribution is 6.35. The topological polar surface area (TPSA) is 51.1 Å². The second-order valence-corrected chi connectivity index (χ2v) is 2.82. The molecule has 0 saturated carbocycles. The van der Waals surface area contributed by atoms with E-state index < -0.39 is 0 Å². The van der Waals surface area contributed by atoms with Gasteiger partial charge in [-0.05, 0) is 17.1 Å². The minimum absolute atomic E-state index is 0.627. The van der Waals surface area contributed by atoms with Crippen molar-refractivity contribution in [1.82, 2.24) is 0 Å². The maximum absolute atomic E-state index is 8.40. The van der Waals surface area contributed by atoms with Gasteiger partial charge in [-0.15, -0.1) is 0 Å². The van der Waals surface area contributed by atoms with E-state index in [1.807, 2.05) is 13.9 Å². The zero-order valence-corrected chi connectivity index (χ0v) is 8.44. The number of hydrogen-bond acceptors (Lipinski definition) is 4. The average molecular weight is 193 g/mol. The number of oxime groups is 1. The van der Waals surface area contributed by atoms with Gasteiger partial charge < -0.3 is 14.7 Å². The van der Waals surface area contributed by atoms with Gasteiger partial charge in [-0.3, -0.25) is 0 Å². The zero-order chi connectivity index (χ0) is 10.6. The summed E-state index contributed by atoms with van der Waals surface area (Å²) in [6, 6.07) is 3.59. The van der Waals surface area contributed by atoms with Crippen LogP contribution >= 0.6 is 0 Å². The normalized spacial score (nSPS) is 10.4. The molecule has 1 rings (SSSR count). The Hall–Kier alpha value is -1.65. The second-order valence-electron chi connectivity index (χ2n) is 2.82. The van der Waals surface area contributed by atoms with Crippen LogP contribution in [-0.2, 0) is 0 Å². The Kier molecular flexibility index (Phi) is 3.39. The number of rotatable bonds is 3. The van der Waals surface area contributed by atoms with Crippen LogP contribution in [0.25, 0.3) is 0 Å². The van der Waals surface area contributed by atoms with Crippen molar-refractivity contribution in [3.63, 3.8) is 0 Å². The highest BCUT2D eigenvalue weighted by Gasteiger charge is 2.07. The lowest BCUT2D eigenvalue weighted by Crippen LogP contribution is -2.10. The van der Waals surface area contributed by atoms with Crippen LogP contribution in [0.1, 0.15) is 5.56 Å². The molecule has 0 fully saturated rings. The molecule has 1 aromatic carbocycles. The molecule has 0 amide bonds. The molecule has 0 saturated heterocycles. The van der Waals surface area contributed by atoms with E-state index in [0.717, 1.165) is 11.0 Å². The van der Waals surface area contributed by atoms with Gasteiger partial charge in [0.05, 0.1) is 20.4 Å². The fourth-order valence-electron chi connectivity index (χ4n) is 1.32. The van der Waals surface area contributed by atoms with Crippen LogP contribution in [-0.4, -0.2) is 33.5 Å². The molecule has 0 aliphatic carbocycles. The van der Waals surface area contributed by atoms with E-state index >= 15 is 0 Å². The van der Waals surface area contributed by atoms with Crippen molar-refractivity contribution >= 4 is 19.5 Å². The molecular formula is C9H12BNO3. The first-order valence-electron chi connectivity index (χ1n) is 4.13. The van der Waals surface area contributed by atoms with Gasteiger partial charge >= 0.3 is 0 Å². The summed E-state index contributed by atoms with van der Waals surface area (Å²) >= 11 is 0. The summed E-state index contributed by atoms with van der Waals surface area (Å²) in [6.07, 6.45) is 1.34. The maximum atomic E-state index is 8.40. The van der Waals surface area contributed by atoms with Crippen LogP contribution in [0.3, 0.4) is 0 Å². The monoisotopic (exact) mass is 193 g/mol. The van der Waals surface area contributed by atoms with Crippen molar-refractivity contribution in [3.05, 3.63) is 17.7 Å². The Balaban J connectivity index is 3.23. The number of hydrogen-bond donors (Lipinski definition) is 1. The smallest absolute Gasteiger partial charge is 0.160 e. The lowest BCUT2D eigenvalue weighted by molar-refractivity contribution is 0.321. The molecule has 0 atom stereocenters. The number of nitrogens with zero attached hydrogens (tertiary/aromatic N) is 1. The summed E-state index contributed by atoms with van der Waals surface area (Å²) in [7, 11) is 5.05. The molecular weight excluding hydrogens is 181 g/mol. The molecule has 0 spiro atoms. The third kappa shape index (κ3) is 1.99. The Bertz CT molecular complexity index is 352. The average Bonchev–Trinajstić information content (AvgIpc) is 2.17. The lowest BCUT2D eigenvalue weighted by Gasteiger charge is -2.11. The SMILES string of the molecule is Bc1cc(/C=N\O)cc(OC)c1OC. The molecule has 0 aliphatic heterocycles. The maximum Gasteiger partial charge on any atom is 0.160 e. The molecule has 5 heteroatoms. The van der Waals surface area contributed by atoms with Gasteiger partial charge in [0, 0.05) is 0 Å². The second kappa shape index (κ2) is 4.55. The van der Waals surface area contributed by atoms with E-state index in [-0.39, 0.29) is 0 Å². The summed E-state index contributed by atoms with van der Waals surface area (Å²) in [4.78, 5) is 0. The molecule has 0 aromatic heterocycles. The minimum atomic E-state index is 0.627. The first kappa shape index (κ1) is 10.4. The van der Waals surface area contributed by atoms with E-state index in [2.05, 4.69) is 5.16 Å². The molecule has 4 nitrogen and oxygen atoms in total. The Morgan fingerprint density at radius 3 is 2.57 bits per heavy atom. The molecule has 0 unspecified atom stereocenters. The molecule has 14 heavy (non-hydrogen) atoms. The predicted octanol–water partition coefficient (Wildman–Crippen LogP) is -0.230. The fraction of sp³-hybridized carbons (Fsp3) is 0.222. The summed E-state index contributed by atoms with van der Waals surface area (Å²) in [5.74, 6) is 1.32. The van der Waals surface area contributed by atoms with Crippen LogP contribution in [0.5, 0.6) is 11.5 Å². The van der Waals surface area contributed by atoms with E-state index in [1.54, 1.807) is 20.3 Å². The number of ether oxygens (including phenoxy) is 2. The standard InChI is InChI=1S/C9H12BNO3/c1-13-8-4-6(5-11-12)3-7(10)9(8)14-2/h3-5,12H,10H2,1-2H3/b11-5-. The van der Waals surface area contributed by atoms with Crippen LogP contribution in [0.2, 0.25) is 0 Å². The van der Waals surface area contributed by atoms with Crippen molar-refractivity contribution in [1.29, 1.82) is 0 Å².